The quantitative estimate of drug-likeness (QED) is 0.264. The smallest absolute Gasteiger partial charge is 0.179 e. The van der Waals surface area contributed by atoms with E-state index in [1.807, 2.05) is 17.0 Å². The number of thiocarbonyl (C=S) groups is 1. The van der Waals surface area contributed by atoms with E-state index in [0.29, 0.717) is 39.0 Å². The summed E-state index contributed by atoms with van der Waals surface area (Å²) in [6.07, 6.45) is 3.05. The van der Waals surface area contributed by atoms with Crippen LogP contribution in [0, 0.1) is 15.3 Å². The zero-order valence-electron chi connectivity index (χ0n) is 17.2. The van der Waals surface area contributed by atoms with Crippen molar-refractivity contribution < 1.29 is 4.39 Å². The Morgan fingerprint density at radius 2 is 2.06 bits per heavy atom. The van der Waals surface area contributed by atoms with E-state index in [0.717, 1.165) is 39.3 Å². The summed E-state index contributed by atoms with van der Waals surface area (Å²) in [5.74, 6) is 1.19. The molecule has 0 atom stereocenters. The average molecular weight is 610 g/mol. The molecule has 3 nitrogen and oxygen atoms in total. The van der Waals surface area contributed by atoms with Gasteiger partial charge in [-0.15, -0.1) is 0 Å². The summed E-state index contributed by atoms with van der Waals surface area (Å²) in [5, 5.41) is 5.59. The Morgan fingerprint density at radius 1 is 1.29 bits per heavy atom. The lowest BCUT2D eigenvalue weighted by atomic mass is 10.0. The number of aryl methyl sites for hydroxylation is 1. The lowest BCUT2D eigenvalue weighted by molar-refractivity contribution is 0.556. The highest BCUT2D eigenvalue weighted by atomic mass is 127. The van der Waals surface area contributed by atoms with E-state index in [-0.39, 0.29) is 5.82 Å². The van der Waals surface area contributed by atoms with Crippen molar-refractivity contribution in [3.63, 3.8) is 0 Å². The Bertz CT molecular complexity index is 981. The molecule has 0 aliphatic carbocycles. The van der Waals surface area contributed by atoms with Gasteiger partial charge >= 0.3 is 0 Å². The van der Waals surface area contributed by atoms with E-state index in [1.54, 1.807) is 17.8 Å². The van der Waals surface area contributed by atoms with E-state index in [1.165, 1.54) is 12.1 Å². The van der Waals surface area contributed by atoms with Gasteiger partial charge in [0.1, 0.15) is 5.82 Å². The molecule has 0 amide bonds. The first-order valence-electron chi connectivity index (χ1n) is 9.97. The summed E-state index contributed by atoms with van der Waals surface area (Å²) >= 11 is 22.3. The molecule has 1 heterocycles. The van der Waals surface area contributed by atoms with Crippen LogP contribution in [0.4, 0.5) is 15.8 Å². The molecule has 0 bridgehead atoms. The first-order valence-corrected chi connectivity index (χ1v) is 13.2. The summed E-state index contributed by atoms with van der Waals surface area (Å²) in [6.45, 7) is 5.14. The number of halogens is 4. The van der Waals surface area contributed by atoms with E-state index in [4.69, 9.17) is 40.4 Å². The molecule has 0 radical (unpaired) electrons. The number of benzene rings is 2. The van der Waals surface area contributed by atoms with Crippen LogP contribution in [0.25, 0.3) is 0 Å². The van der Waals surface area contributed by atoms with Gasteiger partial charge in [-0.25, -0.2) is 9.38 Å². The number of nitrogens with one attached hydrogen (secondary N) is 1. The van der Waals surface area contributed by atoms with E-state index < -0.39 is 0 Å². The van der Waals surface area contributed by atoms with Crippen molar-refractivity contribution >= 4 is 91.4 Å². The van der Waals surface area contributed by atoms with Crippen molar-refractivity contribution in [1.82, 2.24) is 4.90 Å². The fourth-order valence-corrected chi connectivity index (χ4v) is 5.62. The van der Waals surface area contributed by atoms with Crippen LogP contribution in [0.5, 0.6) is 0 Å². The zero-order chi connectivity index (χ0) is 22.5. The highest BCUT2D eigenvalue weighted by molar-refractivity contribution is 14.1. The minimum atomic E-state index is -0.308. The number of amidine groups is 1. The summed E-state index contributed by atoms with van der Waals surface area (Å²) in [5.41, 5.74) is 2.27. The largest absolute Gasteiger partial charge is 0.332 e. The molecule has 0 aromatic heterocycles. The molecule has 3 rings (SSSR count). The second kappa shape index (κ2) is 11.5. The molecule has 1 N–H and O–H groups in total. The maximum Gasteiger partial charge on any atom is 0.179 e. The van der Waals surface area contributed by atoms with Gasteiger partial charge in [-0.1, -0.05) is 55.2 Å². The predicted octanol–water partition coefficient (Wildman–Crippen LogP) is 8.15. The van der Waals surface area contributed by atoms with Gasteiger partial charge < -0.3 is 5.32 Å². The van der Waals surface area contributed by atoms with E-state index in [2.05, 4.69) is 41.8 Å². The van der Waals surface area contributed by atoms with Gasteiger partial charge in [0.15, 0.2) is 10.3 Å². The van der Waals surface area contributed by atoms with Crippen LogP contribution in [0.1, 0.15) is 32.3 Å². The second-order valence-electron chi connectivity index (χ2n) is 7.67. The summed E-state index contributed by atoms with van der Waals surface area (Å²) in [4.78, 5) is 6.70. The Balaban J connectivity index is 1.80. The minimum absolute atomic E-state index is 0.308. The number of anilines is 1. The van der Waals surface area contributed by atoms with Gasteiger partial charge in [0.2, 0.25) is 0 Å². The van der Waals surface area contributed by atoms with Crippen molar-refractivity contribution in [2.75, 3.05) is 17.6 Å². The van der Waals surface area contributed by atoms with Gasteiger partial charge in [0.05, 0.1) is 10.7 Å². The number of hydrogen-bond donors (Lipinski definition) is 1. The second-order valence-corrected chi connectivity index (χ2v) is 11.2. The topological polar surface area (TPSA) is 27.6 Å². The van der Waals surface area contributed by atoms with Gasteiger partial charge in [-0.2, -0.15) is 0 Å². The van der Waals surface area contributed by atoms with Gasteiger partial charge in [-0.05, 0) is 89.5 Å². The van der Waals surface area contributed by atoms with Crippen LogP contribution in [0.3, 0.4) is 0 Å². The fraction of sp³-hybridized carbons (Fsp3) is 0.364. The number of aliphatic imine (C=N–C) groups is 1. The van der Waals surface area contributed by atoms with Gasteiger partial charge in [-0.3, -0.25) is 4.90 Å². The summed E-state index contributed by atoms with van der Waals surface area (Å²) in [6, 6.07) is 8.43. The molecule has 2 aromatic rings. The van der Waals surface area contributed by atoms with Crippen LogP contribution in [-0.4, -0.2) is 27.5 Å². The maximum absolute atomic E-state index is 13.7. The molecule has 1 aliphatic rings. The molecular weight excluding hydrogens is 587 g/mol. The van der Waals surface area contributed by atoms with Gasteiger partial charge in [0.25, 0.3) is 0 Å². The zero-order valence-corrected chi connectivity index (χ0v) is 22.5. The van der Waals surface area contributed by atoms with E-state index >= 15 is 0 Å². The molecule has 1 fully saturated rings. The van der Waals surface area contributed by atoms with Crippen molar-refractivity contribution in [1.29, 1.82) is 0 Å². The third-order valence-electron chi connectivity index (χ3n) is 4.67. The summed E-state index contributed by atoms with van der Waals surface area (Å²) in [7, 11) is 0. The van der Waals surface area contributed by atoms with Gasteiger partial charge in [0, 0.05) is 26.6 Å². The number of thioether (sulfide) groups is 1. The molecule has 1 saturated heterocycles. The van der Waals surface area contributed by atoms with Crippen LogP contribution < -0.4 is 5.32 Å². The van der Waals surface area contributed by atoms with Crippen molar-refractivity contribution in [3.05, 3.63) is 55.3 Å². The number of hydrogen-bond acceptors (Lipinski definition) is 3. The summed E-state index contributed by atoms with van der Waals surface area (Å²) < 4.78 is 14.5. The van der Waals surface area contributed by atoms with Crippen LogP contribution in [0.15, 0.2) is 35.3 Å². The normalized spacial score (nSPS) is 15.2. The van der Waals surface area contributed by atoms with Crippen molar-refractivity contribution in [2.45, 2.75) is 33.1 Å². The Kier molecular flexibility index (Phi) is 9.28. The highest BCUT2D eigenvalue weighted by Crippen LogP contribution is 2.35. The first-order chi connectivity index (χ1) is 14.7. The Labute approximate surface area is 216 Å². The third kappa shape index (κ3) is 7.19. The molecule has 0 saturated carbocycles. The van der Waals surface area contributed by atoms with Crippen LogP contribution in [-0.2, 0) is 6.42 Å². The lowest BCUT2D eigenvalue weighted by Gasteiger charge is -2.20. The molecule has 166 valence electrons. The SMILES string of the molecule is CC(C)CCCc1cc(Cl)cc(N=C2SCCN2C(=S)Nc2cc(F)cc(I)c2)c1Cl. The number of rotatable bonds is 6. The van der Waals surface area contributed by atoms with E-state index in [9.17, 15) is 4.39 Å². The molecule has 1 aliphatic heterocycles. The molecule has 9 heteroatoms. The predicted molar refractivity (Wildman–Crippen MR) is 146 cm³/mol. The maximum atomic E-state index is 13.7. The lowest BCUT2D eigenvalue weighted by Crippen LogP contribution is -2.35. The van der Waals surface area contributed by atoms with Crippen LogP contribution >= 0.6 is 69.8 Å². The molecule has 0 unspecified atom stereocenters. The van der Waals surface area contributed by atoms with Crippen molar-refractivity contribution in [2.24, 2.45) is 10.9 Å². The molecule has 31 heavy (non-hydrogen) atoms. The number of nitrogens with zero attached hydrogens (tertiary/aromatic N) is 2. The fourth-order valence-electron chi connectivity index (χ4n) is 3.20. The Hall–Kier alpha value is -0.610. The van der Waals surface area contributed by atoms with Crippen molar-refractivity contribution in [3.8, 4) is 0 Å². The van der Waals surface area contributed by atoms with Crippen LogP contribution in [0.2, 0.25) is 10.0 Å². The molecular formula is C22H23Cl2FIN3S2. The molecule has 0 spiro atoms. The Morgan fingerprint density at radius 3 is 2.77 bits per heavy atom. The monoisotopic (exact) mass is 609 g/mol. The average Bonchev–Trinajstić information content (AvgIpc) is 3.12. The minimum Gasteiger partial charge on any atom is -0.332 e. The standard InChI is InChI=1S/C22H23Cl2FIN3S2/c1-13(2)4-3-5-14-8-15(23)9-19(20(14)24)28-22-29(6-7-31-22)21(30)27-18-11-16(25)10-17(26)12-18/h8-13H,3-7H2,1-2H3,(H,27,30). The highest BCUT2D eigenvalue weighted by Gasteiger charge is 2.24. The third-order valence-corrected chi connectivity index (χ3v) is 7.23. The first kappa shape index (κ1) is 25.0. The molecule has 2 aromatic carbocycles.